The fraction of sp³-hybridized carbons (Fsp3) is 0.933. The third kappa shape index (κ3) is 27.3. The van der Waals surface area contributed by atoms with Crippen LogP contribution in [-0.2, 0) is 19.1 Å². The van der Waals surface area contributed by atoms with Crippen LogP contribution in [0.4, 0.5) is 0 Å². The number of hydrogen-bond acceptors (Lipinski definition) is 5. The predicted molar refractivity (Wildman–Crippen MR) is 145 cm³/mol. The van der Waals surface area contributed by atoms with Gasteiger partial charge in [-0.1, -0.05) is 130 Å². The van der Waals surface area contributed by atoms with Gasteiger partial charge < -0.3 is 14.6 Å². The molecule has 0 fully saturated rings. The molecule has 1 atom stereocenters. The van der Waals surface area contributed by atoms with Gasteiger partial charge in [-0.15, -0.1) is 0 Å². The van der Waals surface area contributed by atoms with Crippen LogP contribution in [0.3, 0.4) is 0 Å². The molecule has 0 aromatic heterocycles. The van der Waals surface area contributed by atoms with Crippen LogP contribution >= 0.6 is 0 Å². The SMILES string of the molecule is CCCCCCCC(=O)OC[C@@H](O)COC(=O)CCCCCCCCCCCCCCCC(C)C. The molecule has 0 spiro atoms. The second-order valence-electron chi connectivity index (χ2n) is 10.7. The number of unbranched alkanes of at least 4 members (excludes halogenated alkanes) is 16. The molecule has 5 nitrogen and oxygen atoms in total. The Morgan fingerprint density at radius 2 is 0.914 bits per heavy atom. The van der Waals surface area contributed by atoms with Crippen molar-refractivity contribution in [2.75, 3.05) is 13.2 Å². The van der Waals surface area contributed by atoms with Crippen molar-refractivity contribution in [1.82, 2.24) is 0 Å². The largest absolute Gasteiger partial charge is 0.463 e. The van der Waals surface area contributed by atoms with Gasteiger partial charge in [-0.05, 0) is 18.8 Å². The van der Waals surface area contributed by atoms with Gasteiger partial charge in [0.1, 0.15) is 19.3 Å². The normalized spacial score (nSPS) is 12.1. The highest BCUT2D eigenvalue weighted by Gasteiger charge is 2.12. The Labute approximate surface area is 217 Å². The van der Waals surface area contributed by atoms with Crippen molar-refractivity contribution in [2.24, 2.45) is 5.92 Å². The fourth-order valence-electron chi connectivity index (χ4n) is 4.21. The van der Waals surface area contributed by atoms with Crippen molar-refractivity contribution in [3.05, 3.63) is 0 Å². The molecule has 35 heavy (non-hydrogen) atoms. The molecule has 5 heteroatoms. The molecule has 1 N–H and O–H groups in total. The minimum absolute atomic E-state index is 0.111. The average molecular weight is 499 g/mol. The standard InChI is InChI=1S/C30H58O5/c1-4-5-6-16-20-23-29(32)34-25-28(31)26-35-30(33)24-21-18-15-13-11-9-7-8-10-12-14-17-19-22-27(2)3/h27-28,31H,4-26H2,1-3H3/t28-/m1/s1. The van der Waals surface area contributed by atoms with Crippen molar-refractivity contribution < 1.29 is 24.2 Å². The van der Waals surface area contributed by atoms with E-state index in [1.54, 1.807) is 0 Å². The molecule has 0 bridgehead atoms. The van der Waals surface area contributed by atoms with Crippen LogP contribution in [0, 0.1) is 5.92 Å². The minimum Gasteiger partial charge on any atom is -0.463 e. The Hall–Kier alpha value is -1.10. The molecule has 0 aromatic rings. The summed E-state index contributed by atoms with van der Waals surface area (Å²) >= 11 is 0. The number of aliphatic hydroxyl groups is 1. The maximum atomic E-state index is 11.8. The first-order valence-electron chi connectivity index (χ1n) is 14.9. The van der Waals surface area contributed by atoms with Crippen molar-refractivity contribution in [1.29, 1.82) is 0 Å². The molecule has 0 amide bonds. The van der Waals surface area contributed by atoms with Gasteiger partial charge in [0.2, 0.25) is 0 Å². The van der Waals surface area contributed by atoms with E-state index >= 15 is 0 Å². The minimum atomic E-state index is -0.951. The van der Waals surface area contributed by atoms with Crippen LogP contribution in [0.25, 0.3) is 0 Å². The number of carbonyl (C=O) groups is 2. The molecule has 0 saturated heterocycles. The fourth-order valence-corrected chi connectivity index (χ4v) is 4.21. The van der Waals surface area contributed by atoms with Gasteiger partial charge >= 0.3 is 11.9 Å². The Bertz CT molecular complexity index is 477. The van der Waals surface area contributed by atoms with E-state index in [9.17, 15) is 14.7 Å². The first-order valence-corrected chi connectivity index (χ1v) is 14.9. The predicted octanol–water partition coefficient (Wildman–Crippen LogP) is 8.30. The molecule has 0 rings (SSSR count). The molecule has 208 valence electrons. The van der Waals surface area contributed by atoms with Gasteiger partial charge in [0, 0.05) is 12.8 Å². The second kappa shape index (κ2) is 26.0. The zero-order valence-electron chi connectivity index (χ0n) is 23.5. The van der Waals surface area contributed by atoms with E-state index in [2.05, 4.69) is 20.8 Å². The van der Waals surface area contributed by atoms with E-state index in [1.807, 2.05) is 0 Å². The Kier molecular flexibility index (Phi) is 25.2. The van der Waals surface area contributed by atoms with E-state index < -0.39 is 6.10 Å². The van der Waals surface area contributed by atoms with Gasteiger partial charge in [-0.2, -0.15) is 0 Å². The molecule has 0 saturated carbocycles. The summed E-state index contributed by atoms with van der Waals surface area (Å²) in [5.74, 6) is 0.275. The van der Waals surface area contributed by atoms with Crippen LogP contribution < -0.4 is 0 Å². The summed E-state index contributed by atoms with van der Waals surface area (Å²) < 4.78 is 10.2. The molecule has 0 aliphatic heterocycles. The summed E-state index contributed by atoms with van der Waals surface area (Å²) in [6, 6.07) is 0. The molecule has 0 radical (unpaired) electrons. The Morgan fingerprint density at radius 3 is 1.29 bits per heavy atom. The van der Waals surface area contributed by atoms with Crippen molar-refractivity contribution in [3.8, 4) is 0 Å². The summed E-state index contributed by atoms with van der Waals surface area (Å²) in [5.41, 5.74) is 0. The van der Waals surface area contributed by atoms with Crippen LogP contribution in [-0.4, -0.2) is 36.4 Å². The molecule has 0 aliphatic carbocycles. The van der Waals surface area contributed by atoms with E-state index in [0.717, 1.165) is 38.0 Å². The van der Waals surface area contributed by atoms with Gasteiger partial charge in [0.25, 0.3) is 0 Å². The molecule has 0 unspecified atom stereocenters. The number of hydrogen-bond donors (Lipinski definition) is 1. The van der Waals surface area contributed by atoms with E-state index in [-0.39, 0.29) is 25.2 Å². The highest BCUT2D eigenvalue weighted by atomic mass is 16.6. The first-order chi connectivity index (χ1) is 17.0. The molecular formula is C30H58O5. The molecule has 0 heterocycles. The lowest BCUT2D eigenvalue weighted by Gasteiger charge is -2.12. The van der Waals surface area contributed by atoms with Gasteiger partial charge in [0.05, 0.1) is 0 Å². The number of rotatable bonds is 26. The third-order valence-corrected chi connectivity index (χ3v) is 6.52. The van der Waals surface area contributed by atoms with Crippen LogP contribution in [0.1, 0.15) is 156 Å². The second-order valence-corrected chi connectivity index (χ2v) is 10.7. The zero-order chi connectivity index (χ0) is 26.0. The van der Waals surface area contributed by atoms with Crippen molar-refractivity contribution in [2.45, 2.75) is 162 Å². The number of aliphatic hydroxyl groups excluding tert-OH is 1. The smallest absolute Gasteiger partial charge is 0.305 e. The van der Waals surface area contributed by atoms with Gasteiger partial charge in [-0.25, -0.2) is 0 Å². The number of ether oxygens (including phenoxy) is 2. The lowest BCUT2D eigenvalue weighted by atomic mass is 10.0. The van der Waals surface area contributed by atoms with Gasteiger partial charge in [0.15, 0.2) is 0 Å². The van der Waals surface area contributed by atoms with Crippen LogP contribution in [0.15, 0.2) is 0 Å². The van der Waals surface area contributed by atoms with E-state index in [1.165, 1.54) is 89.9 Å². The van der Waals surface area contributed by atoms with Crippen molar-refractivity contribution in [3.63, 3.8) is 0 Å². The molecular weight excluding hydrogens is 440 g/mol. The molecule has 0 aliphatic rings. The first kappa shape index (κ1) is 33.9. The maximum absolute atomic E-state index is 11.8. The lowest BCUT2D eigenvalue weighted by molar-refractivity contribution is -0.152. The average Bonchev–Trinajstić information content (AvgIpc) is 2.83. The summed E-state index contributed by atoms with van der Waals surface area (Å²) in [6.07, 6.45) is 23.2. The Balaban J connectivity index is 3.37. The topological polar surface area (TPSA) is 72.8 Å². The zero-order valence-corrected chi connectivity index (χ0v) is 23.5. The highest BCUT2D eigenvalue weighted by Crippen LogP contribution is 2.15. The summed E-state index contributed by atoms with van der Waals surface area (Å²) in [7, 11) is 0. The van der Waals surface area contributed by atoms with E-state index in [0.29, 0.717) is 12.8 Å². The molecule has 0 aromatic carbocycles. The number of esters is 2. The summed E-state index contributed by atoms with van der Waals surface area (Å²) in [5, 5.41) is 9.85. The quantitative estimate of drug-likeness (QED) is 0.0959. The number of carbonyl (C=O) groups excluding carboxylic acids is 2. The van der Waals surface area contributed by atoms with Gasteiger partial charge in [-0.3, -0.25) is 9.59 Å². The third-order valence-electron chi connectivity index (χ3n) is 6.52. The van der Waals surface area contributed by atoms with Crippen molar-refractivity contribution >= 4 is 11.9 Å². The summed E-state index contributed by atoms with van der Waals surface area (Å²) in [4.78, 5) is 23.5. The lowest BCUT2D eigenvalue weighted by Crippen LogP contribution is -2.25. The Morgan fingerprint density at radius 1 is 0.571 bits per heavy atom. The van der Waals surface area contributed by atoms with E-state index in [4.69, 9.17) is 9.47 Å². The summed E-state index contributed by atoms with van der Waals surface area (Å²) in [6.45, 7) is 6.55. The highest BCUT2D eigenvalue weighted by molar-refractivity contribution is 5.69. The van der Waals surface area contributed by atoms with Crippen LogP contribution in [0.5, 0.6) is 0 Å². The monoisotopic (exact) mass is 498 g/mol. The maximum Gasteiger partial charge on any atom is 0.305 e. The van der Waals surface area contributed by atoms with Crippen LogP contribution in [0.2, 0.25) is 0 Å².